The molecule has 2 rings (SSSR count). The van der Waals surface area contributed by atoms with Crippen molar-refractivity contribution >= 4 is 0 Å². The predicted molar refractivity (Wildman–Crippen MR) is 76.8 cm³/mol. The van der Waals surface area contributed by atoms with E-state index in [1.54, 1.807) is 6.92 Å². The molecule has 0 fully saturated rings. The van der Waals surface area contributed by atoms with Crippen LogP contribution in [-0.4, -0.2) is 5.11 Å². The third-order valence-electron chi connectivity index (χ3n) is 4.19. The van der Waals surface area contributed by atoms with Gasteiger partial charge in [0.25, 0.3) is 0 Å². The smallest absolute Gasteiger partial charge is 0.388 e. The Morgan fingerprint density at radius 2 is 1.90 bits per heavy atom. The fraction of sp³-hybridized carbons (Fsp3) is 0.529. The van der Waals surface area contributed by atoms with Gasteiger partial charge < -0.3 is 5.11 Å². The Balaban J connectivity index is 2.24. The number of hydrogen-bond donors (Lipinski definition) is 1. The number of allylic oxidation sites excluding steroid dienone is 2. The van der Waals surface area contributed by atoms with E-state index in [9.17, 15) is 18.3 Å². The SMILES string of the molecule is CC1=CC(C)CC(C(O)c2ccc(C(F)(F)F)cc2C)C1. The zero-order valence-corrected chi connectivity index (χ0v) is 12.5. The summed E-state index contributed by atoms with van der Waals surface area (Å²) in [6, 6.07) is 3.59. The fourth-order valence-electron chi connectivity index (χ4n) is 3.27. The summed E-state index contributed by atoms with van der Waals surface area (Å²) in [6.07, 6.45) is -1.20. The second kappa shape index (κ2) is 5.84. The van der Waals surface area contributed by atoms with Crippen molar-refractivity contribution in [1.82, 2.24) is 0 Å². The van der Waals surface area contributed by atoms with Crippen molar-refractivity contribution in [1.29, 1.82) is 0 Å². The average Bonchev–Trinajstić information content (AvgIpc) is 2.35. The second-order valence-corrected chi connectivity index (χ2v) is 6.20. The minimum atomic E-state index is -4.34. The lowest BCUT2D eigenvalue weighted by molar-refractivity contribution is -0.137. The van der Waals surface area contributed by atoms with Crippen LogP contribution >= 0.6 is 0 Å². The first-order chi connectivity index (χ1) is 9.68. The van der Waals surface area contributed by atoms with Crippen LogP contribution in [0.25, 0.3) is 0 Å². The molecule has 0 aliphatic heterocycles. The quantitative estimate of drug-likeness (QED) is 0.758. The first-order valence-corrected chi connectivity index (χ1v) is 7.21. The molecule has 1 N–H and O–H groups in total. The first kappa shape index (κ1) is 16.1. The van der Waals surface area contributed by atoms with E-state index < -0.39 is 17.8 Å². The molecular formula is C17H21F3O. The maximum atomic E-state index is 12.7. The summed E-state index contributed by atoms with van der Waals surface area (Å²) in [5, 5.41) is 10.5. The third-order valence-corrected chi connectivity index (χ3v) is 4.19. The summed E-state index contributed by atoms with van der Waals surface area (Å²) in [5.41, 5.74) is 1.68. The lowest BCUT2D eigenvalue weighted by atomic mass is 9.78. The molecule has 0 heterocycles. The van der Waals surface area contributed by atoms with E-state index in [1.807, 2.05) is 6.92 Å². The molecule has 3 unspecified atom stereocenters. The van der Waals surface area contributed by atoms with Crippen LogP contribution in [0.1, 0.15) is 49.5 Å². The topological polar surface area (TPSA) is 20.2 Å². The van der Waals surface area contributed by atoms with Gasteiger partial charge in [-0.3, -0.25) is 0 Å². The zero-order valence-electron chi connectivity index (χ0n) is 12.5. The Bertz CT molecular complexity index is 545. The molecule has 21 heavy (non-hydrogen) atoms. The normalized spacial score (nSPS) is 24.6. The molecule has 0 radical (unpaired) electrons. The van der Waals surface area contributed by atoms with Crippen molar-refractivity contribution in [3.8, 4) is 0 Å². The molecule has 0 saturated heterocycles. The van der Waals surface area contributed by atoms with Gasteiger partial charge in [0.15, 0.2) is 0 Å². The number of hydrogen-bond acceptors (Lipinski definition) is 1. The highest BCUT2D eigenvalue weighted by atomic mass is 19.4. The summed E-state index contributed by atoms with van der Waals surface area (Å²) in [4.78, 5) is 0. The van der Waals surface area contributed by atoms with Crippen LogP contribution in [0.3, 0.4) is 0 Å². The van der Waals surface area contributed by atoms with Crippen molar-refractivity contribution in [3.63, 3.8) is 0 Å². The molecule has 1 aliphatic carbocycles. The molecule has 1 nitrogen and oxygen atoms in total. The third kappa shape index (κ3) is 3.67. The van der Waals surface area contributed by atoms with E-state index in [0.717, 1.165) is 25.0 Å². The number of aliphatic hydroxyl groups is 1. The van der Waals surface area contributed by atoms with Crippen LogP contribution in [0.5, 0.6) is 0 Å². The summed E-state index contributed by atoms with van der Waals surface area (Å²) in [6.45, 7) is 5.76. The monoisotopic (exact) mass is 298 g/mol. The van der Waals surface area contributed by atoms with E-state index in [4.69, 9.17) is 0 Å². The molecular weight excluding hydrogens is 277 g/mol. The van der Waals surface area contributed by atoms with E-state index in [2.05, 4.69) is 13.0 Å². The van der Waals surface area contributed by atoms with Crippen molar-refractivity contribution < 1.29 is 18.3 Å². The van der Waals surface area contributed by atoms with Crippen molar-refractivity contribution in [2.45, 2.75) is 45.9 Å². The van der Waals surface area contributed by atoms with Crippen LogP contribution in [-0.2, 0) is 6.18 Å². The average molecular weight is 298 g/mol. The van der Waals surface area contributed by atoms with Gasteiger partial charge in [-0.05, 0) is 61.8 Å². The number of aryl methyl sites for hydroxylation is 1. The Labute approximate surface area is 123 Å². The van der Waals surface area contributed by atoms with E-state index >= 15 is 0 Å². The van der Waals surface area contributed by atoms with Gasteiger partial charge in [-0.1, -0.05) is 24.6 Å². The number of halogens is 3. The summed E-state index contributed by atoms with van der Waals surface area (Å²) >= 11 is 0. The molecule has 1 aromatic carbocycles. The summed E-state index contributed by atoms with van der Waals surface area (Å²) in [5.74, 6) is 0.466. The number of alkyl halides is 3. The maximum absolute atomic E-state index is 12.7. The Kier molecular flexibility index (Phi) is 4.47. The lowest BCUT2D eigenvalue weighted by Crippen LogP contribution is -2.20. The highest BCUT2D eigenvalue weighted by Gasteiger charge is 2.32. The van der Waals surface area contributed by atoms with Crippen LogP contribution in [0.15, 0.2) is 29.8 Å². The summed E-state index contributed by atoms with van der Waals surface area (Å²) in [7, 11) is 0. The van der Waals surface area contributed by atoms with Crippen molar-refractivity contribution in [3.05, 3.63) is 46.5 Å². The Hall–Kier alpha value is -1.29. The molecule has 116 valence electrons. The van der Waals surface area contributed by atoms with Crippen molar-refractivity contribution in [2.24, 2.45) is 11.8 Å². The van der Waals surface area contributed by atoms with Gasteiger partial charge in [0, 0.05) is 0 Å². The van der Waals surface area contributed by atoms with Gasteiger partial charge in [0.05, 0.1) is 11.7 Å². The van der Waals surface area contributed by atoms with Crippen LogP contribution in [0, 0.1) is 18.8 Å². The fourth-order valence-corrected chi connectivity index (χ4v) is 3.27. The first-order valence-electron chi connectivity index (χ1n) is 7.21. The Morgan fingerprint density at radius 3 is 2.43 bits per heavy atom. The largest absolute Gasteiger partial charge is 0.416 e. The van der Waals surface area contributed by atoms with E-state index in [-0.39, 0.29) is 5.92 Å². The summed E-state index contributed by atoms with van der Waals surface area (Å²) < 4.78 is 38.1. The van der Waals surface area contributed by atoms with E-state index in [0.29, 0.717) is 17.0 Å². The molecule has 1 aromatic rings. The van der Waals surface area contributed by atoms with Crippen LogP contribution in [0.4, 0.5) is 13.2 Å². The molecule has 1 aliphatic rings. The highest BCUT2D eigenvalue weighted by molar-refractivity contribution is 5.34. The van der Waals surface area contributed by atoms with Crippen molar-refractivity contribution in [2.75, 3.05) is 0 Å². The van der Waals surface area contributed by atoms with Gasteiger partial charge >= 0.3 is 6.18 Å². The molecule has 0 bridgehead atoms. The van der Waals surface area contributed by atoms with Gasteiger partial charge in [0.1, 0.15) is 0 Å². The number of benzene rings is 1. The van der Waals surface area contributed by atoms with Gasteiger partial charge in [-0.25, -0.2) is 0 Å². The molecule has 0 saturated carbocycles. The highest BCUT2D eigenvalue weighted by Crippen LogP contribution is 2.39. The number of rotatable bonds is 2. The van der Waals surface area contributed by atoms with Crippen LogP contribution < -0.4 is 0 Å². The molecule has 4 heteroatoms. The van der Waals surface area contributed by atoms with Crippen LogP contribution in [0.2, 0.25) is 0 Å². The predicted octanol–water partition coefficient (Wildman–Crippen LogP) is 5.04. The lowest BCUT2D eigenvalue weighted by Gasteiger charge is -2.30. The minimum absolute atomic E-state index is 0.0698. The van der Waals surface area contributed by atoms with Gasteiger partial charge in [-0.2, -0.15) is 13.2 Å². The molecule has 0 aromatic heterocycles. The number of aliphatic hydroxyl groups excluding tert-OH is 1. The van der Waals surface area contributed by atoms with E-state index in [1.165, 1.54) is 11.6 Å². The zero-order chi connectivity index (χ0) is 15.8. The maximum Gasteiger partial charge on any atom is 0.416 e. The van der Waals surface area contributed by atoms with Gasteiger partial charge in [-0.15, -0.1) is 0 Å². The molecule has 3 atom stereocenters. The standard InChI is InChI=1S/C17H21F3O/c1-10-6-11(2)8-13(7-10)16(21)15-5-4-14(9-12(15)3)17(18,19)20/h4-6,9-10,13,16,21H,7-8H2,1-3H3. The Morgan fingerprint density at radius 1 is 1.24 bits per heavy atom. The molecule has 0 amide bonds. The van der Waals surface area contributed by atoms with Gasteiger partial charge in [0.2, 0.25) is 0 Å². The second-order valence-electron chi connectivity index (χ2n) is 6.20. The minimum Gasteiger partial charge on any atom is -0.388 e. The molecule has 0 spiro atoms.